The third-order valence-corrected chi connectivity index (χ3v) is 7.93. The van der Waals surface area contributed by atoms with Crippen LogP contribution in [-0.2, 0) is 0 Å². The van der Waals surface area contributed by atoms with Crippen LogP contribution in [0.5, 0.6) is 0 Å². The van der Waals surface area contributed by atoms with E-state index in [-0.39, 0.29) is 0 Å². The zero-order chi connectivity index (χ0) is 18.5. The second-order valence-electron chi connectivity index (χ2n) is 8.99. The van der Waals surface area contributed by atoms with E-state index >= 15 is 0 Å². The molecule has 1 aromatic heterocycles. The molecule has 5 rings (SSSR count). The van der Waals surface area contributed by atoms with Crippen LogP contribution in [-0.4, -0.2) is 29.0 Å². The minimum atomic E-state index is 0.630. The molecule has 0 spiro atoms. The van der Waals surface area contributed by atoms with Gasteiger partial charge < -0.3 is 4.90 Å². The van der Waals surface area contributed by atoms with Crippen LogP contribution in [0.4, 0.5) is 0 Å². The molecule has 2 heterocycles. The van der Waals surface area contributed by atoms with Crippen molar-refractivity contribution in [2.45, 2.75) is 70.3 Å². The lowest BCUT2D eigenvalue weighted by Gasteiger charge is -2.56. The number of hydrogen-bond acceptors (Lipinski definition) is 2. The van der Waals surface area contributed by atoms with Gasteiger partial charge in [0.2, 0.25) is 0 Å². The maximum absolute atomic E-state index is 6.29. The molecule has 0 N–H and O–H groups in total. The largest absolute Gasteiger partial charge is 0.300 e. The smallest absolute Gasteiger partial charge is 0.0706 e. The molecule has 3 heteroatoms. The lowest BCUT2D eigenvalue weighted by atomic mass is 9.55. The Labute approximate surface area is 168 Å². The molecule has 1 aromatic carbocycles. The summed E-state index contributed by atoms with van der Waals surface area (Å²) in [6.45, 7) is 7.24. The standard InChI is InChI=1S/C24H31ClN2/c1-3-11-27-12-10-19-20-14-15-13-16(25)8-9-21(15)26-24(20)17(4-2)18-6-5-7-22(27)23(18)19/h8-9,13-14,17-19,22-23H,3-7,10-12H2,1-2H3/t17-,18-,19+,22-,23+/m0/s1. The Morgan fingerprint density at radius 1 is 1.15 bits per heavy atom. The van der Waals surface area contributed by atoms with E-state index in [9.17, 15) is 0 Å². The molecule has 3 aliphatic rings. The van der Waals surface area contributed by atoms with E-state index in [1.54, 1.807) is 5.56 Å². The normalized spacial score (nSPS) is 32.9. The number of hydrogen-bond donors (Lipinski definition) is 0. The van der Waals surface area contributed by atoms with Crippen molar-refractivity contribution in [1.29, 1.82) is 0 Å². The van der Waals surface area contributed by atoms with E-state index < -0.39 is 0 Å². The molecule has 0 amide bonds. The van der Waals surface area contributed by atoms with E-state index in [0.29, 0.717) is 11.8 Å². The number of fused-ring (bicyclic) bond motifs is 3. The summed E-state index contributed by atoms with van der Waals surface area (Å²) >= 11 is 6.29. The first-order valence-electron chi connectivity index (χ1n) is 11.1. The fourth-order valence-electron chi connectivity index (χ4n) is 6.76. The molecule has 5 atom stereocenters. The highest BCUT2D eigenvalue weighted by Gasteiger charge is 2.50. The maximum Gasteiger partial charge on any atom is 0.0706 e. The average molecular weight is 383 g/mol. The minimum absolute atomic E-state index is 0.630. The van der Waals surface area contributed by atoms with Crippen LogP contribution in [0.3, 0.4) is 0 Å². The van der Waals surface area contributed by atoms with Crippen LogP contribution in [0.2, 0.25) is 5.02 Å². The number of nitrogens with zero attached hydrogens (tertiary/aromatic N) is 2. The molecule has 0 radical (unpaired) electrons. The van der Waals surface area contributed by atoms with Crippen LogP contribution in [0.25, 0.3) is 10.9 Å². The van der Waals surface area contributed by atoms with E-state index in [4.69, 9.17) is 16.6 Å². The summed E-state index contributed by atoms with van der Waals surface area (Å²) in [5.41, 5.74) is 4.09. The molecule has 0 unspecified atom stereocenters. The van der Waals surface area contributed by atoms with E-state index in [1.165, 1.54) is 62.7 Å². The van der Waals surface area contributed by atoms with Crippen LogP contribution in [0.1, 0.15) is 75.5 Å². The highest BCUT2D eigenvalue weighted by molar-refractivity contribution is 6.31. The molecule has 144 valence electrons. The van der Waals surface area contributed by atoms with Gasteiger partial charge in [-0.25, -0.2) is 0 Å². The van der Waals surface area contributed by atoms with Gasteiger partial charge in [-0.15, -0.1) is 0 Å². The number of likely N-dealkylation sites (tertiary alicyclic amines) is 1. The van der Waals surface area contributed by atoms with Crippen molar-refractivity contribution in [2.75, 3.05) is 13.1 Å². The van der Waals surface area contributed by atoms with E-state index in [0.717, 1.165) is 28.4 Å². The third kappa shape index (κ3) is 2.83. The average Bonchev–Trinajstić information content (AvgIpc) is 2.69. The fraction of sp³-hybridized carbons (Fsp3) is 0.625. The number of aromatic nitrogens is 1. The second kappa shape index (κ2) is 7.04. The third-order valence-electron chi connectivity index (χ3n) is 7.69. The second-order valence-corrected chi connectivity index (χ2v) is 9.42. The zero-order valence-electron chi connectivity index (χ0n) is 16.6. The Kier molecular flexibility index (Phi) is 4.68. The first-order chi connectivity index (χ1) is 13.2. The Morgan fingerprint density at radius 3 is 2.85 bits per heavy atom. The molecule has 2 nitrogen and oxygen atoms in total. The van der Waals surface area contributed by atoms with Crippen LogP contribution in [0, 0.1) is 11.8 Å². The Balaban J connectivity index is 1.65. The molecule has 1 saturated heterocycles. The fourth-order valence-corrected chi connectivity index (χ4v) is 6.94. The maximum atomic E-state index is 6.29. The summed E-state index contributed by atoms with van der Waals surface area (Å²) in [5, 5.41) is 2.04. The predicted molar refractivity (Wildman–Crippen MR) is 114 cm³/mol. The summed E-state index contributed by atoms with van der Waals surface area (Å²) in [5.74, 6) is 2.98. The van der Waals surface area contributed by atoms with Crippen molar-refractivity contribution in [3.8, 4) is 0 Å². The van der Waals surface area contributed by atoms with Crippen molar-refractivity contribution >= 4 is 22.5 Å². The summed E-state index contributed by atoms with van der Waals surface area (Å²) < 4.78 is 0. The van der Waals surface area contributed by atoms with Gasteiger partial charge in [-0.1, -0.05) is 31.9 Å². The van der Waals surface area contributed by atoms with Crippen LogP contribution < -0.4 is 0 Å². The van der Waals surface area contributed by atoms with Crippen molar-refractivity contribution in [1.82, 2.24) is 9.88 Å². The Hall–Kier alpha value is -1.12. The molecular formula is C24H31ClN2. The van der Waals surface area contributed by atoms with Crippen molar-refractivity contribution in [2.24, 2.45) is 11.8 Å². The van der Waals surface area contributed by atoms with Gasteiger partial charge in [-0.3, -0.25) is 4.98 Å². The minimum Gasteiger partial charge on any atom is -0.300 e. The van der Waals surface area contributed by atoms with Gasteiger partial charge >= 0.3 is 0 Å². The van der Waals surface area contributed by atoms with Crippen molar-refractivity contribution < 1.29 is 0 Å². The molecule has 27 heavy (non-hydrogen) atoms. The van der Waals surface area contributed by atoms with Gasteiger partial charge in [-0.2, -0.15) is 0 Å². The number of rotatable bonds is 3. The molecular weight excluding hydrogens is 352 g/mol. The van der Waals surface area contributed by atoms with Crippen molar-refractivity contribution in [3.63, 3.8) is 0 Å². The van der Waals surface area contributed by atoms with Gasteiger partial charge in [0, 0.05) is 28.1 Å². The molecule has 2 aromatic rings. The van der Waals surface area contributed by atoms with Gasteiger partial charge in [0.1, 0.15) is 0 Å². The summed E-state index contributed by atoms with van der Waals surface area (Å²) in [4.78, 5) is 8.06. The molecule has 0 bridgehead atoms. The van der Waals surface area contributed by atoms with Crippen molar-refractivity contribution in [3.05, 3.63) is 40.5 Å². The number of benzene rings is 1. The predicted octanol–water partition coefficient (Wildman–Crippen LogP) is 6.38. The molecule has 2 aliphatic carbocycles. The number of pyridine rings is 1. The van der Waals surface area contributed by atoms with Gasteiger partial charge in [-0.05, 0) is 92.8 Å². The molecule has 2 fully saturated rings. The Bertz CT molecular complexity index is 848. The lowest BCUT2D eigenvalue weighted by Crippen LogP contribution is -2.55. The quantitative estimate of drug-likeness (QED) is 0.612. The van der Waals surface area contributed by atoms with Gasteiger partial charge in [0.15, 0.2) is 0 Å². The highest BCUT2D eigenvalue weighted by atomic mass is 35.5. The first kappa shape index (κ1) is 17.9. The SMILES string of the molecule is CCCN1CC[C@@H]2c3cc4cc(Cl)ccc4nc3[C@@H](CC)[C@@H]3CCC[C@H]1[C@H]32. The molecule has 1 aliphatic heterocycles. The van der Waals surface area contributed by atoms with E-state index in [2.05, 4.69) is 36.9 Å². The number of halogens is 1. The summed E-state index contributed by atoms with van der Waals surface area (Å²) in [6.07, 6.45) is 7.99. The number of piperidine rings is 1. The Morgan fingerprint density at radius 2 is 2.04 bits per heavy atom. The summed E-state index contributed by atoms with van der Waals surface area (Å²) in [6, 6.07) is 9.43. The monoisotopic (exact) mass is 382 g/mol. The van der Waals surface area contributed by atoms with Crippen LogP contribution in [0.15, 0.2) is 24.3 Å². The topological polar surface area (TPSA) is 16.1 Å². The highest BCUT2D eigenvalue weighted by Crippen LogP contribution is 2.57. The zero-order valence-corrected chi connectivity index (χ0v) is 17.4. The first-order valence-corrected chi connectivity index (χ1v) is 11.4. The van der Waals surface area contributed by atoms with E-state index in [1.807, 2.05) is 6.07 Å². The van der Waals surface area contributed by atoms with Gasteiger partial charge in [0.25, 0.3) is 0 Å². The van der Waals surface area contributed by atoms with Gasteiger partial charge in [0.05, 0.1) is 5.52 Å². The lowest BCUT2D eigenvalue weighted by molar-refractivity contribution is -0.00813. The summed E-state index contributed by atoms with van der Waals surface area (Å²) in [7, 11) is 0. The van der Waals surface area contributed by atoms with Crippen LogP contribution >= 0.6 is 11.6 Å². The molecule has 1 saturated carbocycles.